The summed E-state index contributed by atoms with van der Waals surface area (Å²) in [6.45, 7) is 0.645. The molecule has 0 aliphatic heterocycles. The molecule has 4 nitrogen and oxygen atoms in total. The van der Waals surface area contributed by atoms with E-state index in [0.717, 1.165) is 33.5 Å². The monoisotopic (exact) mass is 306 g/mol. The summed E-state index contributed by atoms with van der Waals surface area (Å²) in [5, 5.41) is 7.76. The second-order valence-corrected chi connectivity index (χ2v) is 5.99. The normalized spacial score (nSPS) is 11.1. The number of benzene rings is 1. The van der Waals surface area contributed by atoms with Gasteiger partial charge in [-0.25, -0.2) is 4.98 Å². The van der Waals surface area contributed by atoms with Crippen molar-refractivity contribution < 1.29 is 0 Å². The van der Waals surface area contributed by atoms with Gasteiger partial charge in [-0.05, 0) is 41.8 Å². The Bertz CT molecular complexity index is 947. The molecule has 4 rings (SSSR count). The van der Waals surface area contributed by atoms with Gasteiger partial charge in [-0.2, -0.15) is 0 Å². The van der Waals surface area contributed by atoms with E-state index in [2.05, 4.69) is 21.7 Å². The summed E-state index contributed by atoms with van der Waals surface area (Å²) in [5.74, 6) is 0.875. The fourth-order valence-electron chi connectivity index (χ4n) is 2.53. The van der Waals surface area contributed by atoms with Crippen LogP contribution in [0.25, 0.3) is 21.0 Å². The van der Waals surface area contributed by atoms with Gasteiger partial charge in [-0.3, -0.25) is 4.98 Å². The highest BCUT2D eigenvalue weighted by atomic mass is 32.1. The minimum absolute atomic E-state index is 0.645. The summed E-state index contributed by atoms with van der Waals surface area (Å²) in [6, 6.07) is 13.9. The largest absolute Gasteiger partial charge is 0.399 e. The van der Waals surface area contributed by atoms with Crippen molar-refractivity contribution in [3.8, 4) is 0 Å². The molecule has 5 heteroatoms. The van der Waals surface area contributed by atoms with Gasteiger partial charge >= 0.3 is 0 Å². The fourth-order valence-corrected chi connectivity index (χ4v) is 3.46. The van der Waals surface area contributed by atoms with Crippen LogP contribution in [0.2, 0.25) is 0 Å². The van der Waals surface area contributed by atoms with E-state index in [1.807, 2.05) is 36.4 Å². The summed E-state index contributed by atoms with van der Waals surface area (Å²) in [4.78, 5) is 9.07. The number of aromatic nitrogens is 2. The van der Waals surface area contributed by atoms with Crippen LogP contribution in [0.3, 0.4) is 0 Å². The molecule has 3 N–H and O–H groups in total. The quantitative estimate of drug-likeness (QED) is 0.561. The molecule has 0 atom stereocenters. The highest BCUT2D eigenvalue weighted by Crippen LogP contribution is 2.34. The molecule has 108 valence electrons. The number of anilines is 2. The summed E-state index contributed by atoms with van der Waals surface area (Å²) < 4.78 is 1.23. The van der Waals surface area contributed by atoms with E-state index in [0.29, 0.717) is 6.54 Å². The van der Waals surface area contributed by atoms with Crippen molar-refractivity contribution in [3.05, 3.63) is 59.7 Å². The van der Waals surface area contributed by atoms with E-state index in [1.54, 1.807) is 17.5 Å². The van der Waals surface area contributed by atoms with Gasteiger partial charge in [0, 0.05) is 27.4 Å². The van der Waals surface area contributed by atoms with E-state index in [9.17, 15) is 0 Å². The van der Waals surface area contributed by atoms with Gasteiger partial charge in [-0.1, -0.05) is 6.07 Å². The number of nitrogen functional groups attached to an aromatic ring is 1. The van der Waals surface area contributed by atoms with Crippen LogP contribution in [-0.2, 0) is 6.54 Å². The number of rotatable bonds is 3. The van der Waals surface area contributed by atoms with Gasteiger partial charge in [0.25, 0.3) is 0 Å². The van der Waals surface area contributed by atoms with Crippen molar-refractivity contribution in [2.45, 2.75) is 6.54 Å². The average Bonchev–Trinajstić information content (AvgIpc) is 3.03. The molecule has 3 aromatic heterocycles. The van der Waals surface area contributed by atoms with Crippen LogP contribution in [0.1, 0.15) is 5.69 Å². The number of pyridine rings is 2. The number of thiophene rings is 1. The molecule has 0 amide bonds. The Morgan fingerprint density at radius 3 is 2.91 bits per heavy atom. The Labute approximate surface area is 131 Å². The molecule has 0 aliphatic carbocycles. The topological polar surface area (TPSA) is 63.8 Å². The van der Waals surface area contributed by atoms with Crippen LogP contribution in [0.4, 0.5) is 11.5 Å². The SMILES string of the molecule is Nc1ccc2c(c1)nc(NCc1ccccn1)c1ccsc12. The number of nitrogens with two attached hydrogens (primary N) is 1. The first-order chi connectivity index (χ1) is 10.8. The van der Waals surface area contributed by atoms with Crippen molar-refractivity contribution >= 4 is 43.8 Å². The zero-order chi connectivity index (χ0) is 14.9. The first-order valence-electron chi connectivity index (χ1n) is 7.01. The molecule has 0 aliphatic rings. The molecular formula is C17H14N4S. The smallest absolute Gasteiger partial charge is 0.135 e. The summed E-state index contributed by atoms with van der Waals surface area (Å²) in [7, 11) is 0. The second kappa shape index (κ2) is 5.27. The second-order valence-electron chi connectivity index (χ2n) is 5.08. The lowest BCUT2D eigenvalue weighted by Crippen LogP contribution is -2.03. The van der Waals surface area contributed by atoms with Gasteiger partial charge in [0.15, 0.2) is 0 Å². The van der Waals surface area contributed by atoms with Crippen molar-refractivity contribution in [3.63, 3.8) is 0 Å². The standard InChI is InChI=1S/C17H14N4S/c18-11-4-5-13-15(9-11)21-17(14-6-8-22-16(13)14)20-10-12-3-1-2-7-19-12/h1-9H,10,18H2,(H,20,21). The lowest BCUT2D eigenvalue weighted by molar-refractivity contribution is 1.04. The maximum atomic E-state index is 5.89. The van der Waals surface area contributed by atoms with Gasteiger partial charge in [-0.15, -0.1) is 11.3 Å². The summed E-state index contributed by atoms with van der Waals surface area (Å²) in [5.41, 5.74) is 8.52. The molecule has 0 spiro atoms. The molecule has 0 radical (unpaired) electrons. The van der Waals surface area contributed by atoms with Crippen LogP contribution in [0.15, 0.2) is 54.0 Å². The zero-order valence-electron chi connectivity index (χ0n) is 11.8. The predicted octanol–water partition coefficient (Wildman–Crippen LogP) is 4.04. The van der Waals surface area contributed by atoms with Crippen molar-refractivity contribution in [1.29, 1.82) is 0 Å². The van der Waals surface area contributed by atoms with Crippen LogP contribution < -0.4 is 11.1 Å². The Hall–Kier alpha value is -2.66. The molecule has 0 saturated heterocycles. The molecule has 0 saturated carbocycles. The molecule has 0 unspecified atom stereocenters. The molecule has 3 heterocycles. The van der Waals surface area contributed by atoms with E-state index >= 15 is 0 Å². The summed E-state index contributed by atoms with van der Waals surface area (Å²) in [6.07, 6.45) is 1.80. The fraction of sp³-hybridized carbons (Fsp3) is 0.0588. The van der Waals surface area contributed by atoms with Gasteiger partial charge in [0.2, 0.25) is 0 Å². The number of nitrogens with zero attached hydrogens (tertiary/aromatic N) is 2. The Morgan fingerprint density at radius 1 is 1.09 bits per heavy atom. The third kappa shape index (κ3) is 2.25. The van der Waals surface area contributed by atoms with E-state index in [1.165, 1.54) is 4.70 Å². The number of nitrogens with one attached hydrogen (secondary N) is 1. The Balaban J connectivity index is 1.79. The molecule has 0 fully saturated rings. The third-order valence-electron chi connectivity index (χ3n) is 3.58. The number of fused-ring (bicyclic) bond motifs is 3. The van der Waals surface area contributed by atoms with E-state index in [-0.39, 0.29) is 0 Å². The Kier molecular flexibility index (Phi) is 3.12. The number of hydrogen-bond donors (Lipinski definition) is 2. The van der Waals surface area contributed by atoms with E-state index < -0.39 is 0 Å². The summed E-state index contributed by atoms with van der Waals surface area (Å²) >= 11 is 1.72. The highest BCUT2D eigenvalue weighted by molar-refractivity contribution is 7.18. The molecular weight excluding hydrogens is 292 g/mol. The third-order valence-corrected chi connectivity index (χ3v) is 4.53. The van der Waals surface area contributed by atoms with Gasteiger partial charge in [0.05, 0.1) is 17.8 Å². The average molecular weight is 306 g/mol. The minimum Gasteiger partial charge on any atom is -0.399 e. The van der Waals surface area contributed by atoms with Crippen LogP contribution in [0.5, 0.6) is 0 Å². The first-order valence-corrected chi connectivity index (χ1v) is 7.89. The van der Waals surface area contributed by atoms with Crippen LogP contribution in [-0.4, -0.2) is 9.97 Å². The maximum Gasteiger partial charge on any atom is 0.135 e. The van der Waals surface area contributed by atoms with Gasteiger partial charge in [0.1, 0.15) is 5.82 Å². The van der Waals surface area contributed by atoms with Crippen LogP contribution >= 0.6 is 11.3 Å². The van der Waals surface area contributed by atoms with Gasteiger partial charge < -0.3 is 11.1 Å². The van der Waals surface area contributed by atoms with Crippen LogP contribution in [0, 0.1) is 0 Å². The molecule has 0 bridgehead atoms. The lowest BCUT2D eigenvalue weighted by atomic mass is 10.1. The Morgan fingerprint density at radius 2 is 2.05 bits per heavy atom. The maximum absolute atomic E-state index is 5.89. The lowest BCUT2D eigenvalue weighted by Gasteiger charge is -2.09. The van der Waals surface area contributed by atoms with Crippen molar-refractivity contribution in [1.82, 2.24) is 9.97 Å². The molecule has 4 aromatic rings. The first kappa shape index (κ1) is 13.0. The number of hydrogen-bond acceptors (Lipinski definition) is 5. The highest BCUT2D eigenvalue weighted by Gasteiger charge is 2.09. The predicted molar refractivity (Wildman–Crippen MR) is 93.1 cm³/mol. The van der Waals surface area contributed by atoms with Crippen molar-refractivity contribution in [2.75, 3.05) is 11.1 Å². The van der Waals surface area contributed by atoms with E-state index in [4.69, 9.17) is 10.7 Å². The zero-order valence-corrected chi connectivity index (χ0v) is 12.6. The molecule has 1 aromatic carbocycles. The minimum atomic E-state index is 0.645. The van der Waals surface area contributed by atoms with Crippen molar-refractivity contribution in [2.24, 2.45) is 0 Å². The molecule has 22 heavy (non-hydrogen) atoms.